The number of ether oxygens (including phenoxy) is 1. The third kappa shape index (κ3) is 6.83. The maximum atomic E-state index is 11.9. The molecule has 1 aromatic heterocycles. The van der Waals surface area contributed by atoms with E-state index < -0.39 is 5.60 Å². The number of carbonyl (C=O) groups is 1. The van der Waals surface area contributed by atoms with Crippen LogP contribution in [0.4, 0.5) is 4.79 Å². The van der Waals surface area contributed by atoms with Crippen molar-refractivity contribution in [2.24, 2.45) is 5.92 Å². The van der Waals surface area contributed by atoms with Crippen LogP contribution in [0.2, 0.25) is 0 Å². The average Bonchev–Trinajstić information content (AvgIpc) is 2.78. The summed E-state index contributed by atoms with van der Waals surface area (Å²) in [4.78, 5) is 11.9. The Morgan fingerprint density at radius 2 is 1.95 bits per heavy atom. The van der Waals surface area contributed by atoms with Gasteiger partial charge in [0.2, 0.25) is 0 Å². The maximum Gasteiger partial charge on any atom is 0.407 e. The first-order valence-corrected chi connectivity index (χ1v) is 8.36. The van der Waals surface area contributed by atoms with Crippen molar-refractivity contribution >= 4 is 22.0 Å². The first-order chi connectivity index (χ1) is 10.1. The van der Waals surface area contributed by atoms with Crippen LogP contribution in [0.5, 0.6) is 0 Å². The minimum absolute atomic E-state index is 0.0179. The van der Waals surface area contributed by atoms with E-state index in [9.17, 15) is 4.79 Å². The molecule has 0 fully saturated rings. The summed E-state index contributed by atoms with van der Waals surface area (Å²) in [6, 6.07) is 3.84. The van der Waals surface area contributed by atoms with Crippen molar-refractivity contribution in [3.63, 3.8) is 0 Å². The first kappa shape index (κ1) is 19.0. The monoisotopic (exact) mass is 374 g/mol. The second-order valence-corrected chi connectivity index (χ2v) is 7.55. The van der Waals surface area contributed by atoms with E-state index in [1.54, 1.807) is 0 Å². The van der Waals surface area contributed by atoms with Crippen LogP contribution >= 0.6 is 15.9 Å². The third-order valence-corrected chi connectivity index (χ3v) is 3.60. The Bertz CT molecular complexity index is 480. The van der Waals surface area contributed by atoms with E-state index in [1.165, 1.54) is 0 Å². The molecule has 126 valence electrons. The fourth-order valence-electron chi connectivity index (χ4n) is 1.88. The molecule has 22 heavy (non-hydrogen) atoms. The van der Waals surface area contributed by atoms with Gasteiger partial charge in [-0.15, -0.1) is 0 Å². The molecule has 0 aliphatic rings. The molecule has 2 N–H and O–H groups in total. The number of rotatable bonds is 6. The van der Waals surface area contributed by atoms with Crippen molar-refractivity contribution < 1.29 is 13.9 Å². The Kier molecular flexibility index (Phi) is 6.94. The Balaban J connectivity index is 2.52. The van der Waals surface area contributed by atoms with Crippen molar-refractivity contribution in [3.05, 3.63) is 22.6 Å². The molecular weight excluding hydrogens is 348 g/mol. The molecule has 1 heterocycles. The summed E-state index contributed by atoms with van der Waals surface area (Å²) in [5.74, 6) is 1.14. The van der Waals surface area contributed by atoms with Gasteiger partial charge < -0.3 is 19.8 Å². The standard InChI is InChI=1S/C16H27BrN2O3/c1-10(2)12(19-15(20)22-16(4,5)6)9-18-11(3)13-7-8-14(17)21-13/h7-8,10-12,18H,9H2,1-6H3,(H,19,20). The summed E-state index contributed by atoms with van der Waals surface area (Å²) in [6.07, 6.45) is -0.388. The molecule has 0 aliphatic carbocycles. The highest BCUT2D eigenvalue weighted by Gasteiger charge is 2.22. The molecule has 0 bridgehead atoms. The van der Waals surface area contributed by atoms with Crippen molar-refractivity contribution in [2.45, 2.75) is 59.2 Å². The van der Waals surface area contributed by atoms with Gasteiger partial charge in [0.25, 0.3) is 0 Å². The van der Waals surface area contributed by atoms with Crippen LogP contribution in [0.15, 0.2) is 21.2 Å². The molecule has 2 unspecified atom stereocenters. The van der Waals surface area contributed by atoms with E-state index in [2.05, 4.69) is 40.4 Å². The summed E-state index contributed by atoms with van der Waals surface area (Å²) < 4.78 is 11.5. The van der Waals surface area contributed by atoms with E-state index >= 15 is 0 Å². The number of nitrogens with one attached hydrogen (secondary N) is 2. The second-order valence-electron chi connectivity index (χ2n) is 6.77. The van der Waals surface area contributed by atoms with Gasteiger partial charge in [-0.25, -0.2) is 4.79 Å². The molecule has 0 spiro atoms. The van der Waals surface area contributed by atoms with Gasteiger partial charge >= 0.3 is 6.09 Å². The zero-order valence-corrected chi connectivity index (χ0v) is 15.8. The largest absolute Gasteiger partial charge is 0.453 e. The Morgan fingerprint density at radius 3 is 2.41 bits per heavy atom. The van der Waals surface area contributed by atoms with E-state index in [0.717, 1.165) is 5.76 Å². The fourth-order valence-corrected chi connectivity index (χ4v) is 2.20. The molecule has 0 saturated heterocycles. The number of hydrogen-bond acceptors (Lipinski definition) is 4. The van der Waals surface area contributed by atoms with Gasteiger partial charge in [0.1, 0.15) is 11.4 Å². The highest BCUT2D eigenvalue weighted by molar-refractivity contribution is 9.10. The molecular formula is C16H27BrN2O3. The molecule has 0 aromatic carbocycles. The summed E-state index contributed by atoms with van der Waals surface area (Å²) in [5.41, 5.74) is -0.493. The summed E-state index contributed by atoms with van der Waals surface area (Å²) >= 11 is 3.30. The SMILES string of the molecule is CC(NCC(NC(=O)OC(C)(C)C)C(C)C)c1ccc(Br)o1. The van der Waals surface area contributed by atoms with Crippen LogP contribution in [0.25, 0.3) is 0 Å². The molecule has 0 aliphatic heterocycles. The van der Waals surface area contributed by atoms with Gasteiger partial charge in [-0.1, -0.05) is 13.8 Å². The van der Waals surface area contributed by atoms with Crippen molar-refractivity contribution in [1.82, 2.24) is 10.6 Å². The zero-order valence-electron chi connectivity index (χ0n) is 14.2. The zero-order chi connectivity index (χ0) is 16.9. The normalized spacial score (nSPS) is 14.7. The Hall–Kier alpha value is -1.01. The van der Waals surface area contributed by atoms with Gasteiger partial charge in [-0.3, -0.25) is 0 Å². The fraction of sp³-hybridized carbons (Fsp3) is 0.688. The minimum Gasteiger partial charge on any atom is -0.453 e. The van der Waals surface area contributed by atoms with Crippen LogP contribution < -0.4 is 10.6 Å². The number of carbonyl (C=O) groups excluding carboxylic acids is 1. The lowest BCUT2D eigenvalue weighted by Gasteiger charge is -2.27. The third-order valence-electron chi connectivity index (χ3n) is 3.17. The van der Waals surface area contributed by atoms with E-state index in [-0.39, 0.29) is 24.1 Å². The smallest absolute Gasteiger partial charge is 0.407 e. The maximum absolute atomic E-state index is 11.9. The summed E-state index contributed by atoms with van der Waals surface area (Å²) in [6.45, 7) is 12.4. The topological polar surface area (TPSA) is 63.5 Å². The van der Waals surface area contributed by atoms with Crippen LogP contribution in [-0.2, 0) is 4.74 Å². The highest BCUT2D eigenvalue weighted by Crippen LogP contribution is 2.20. The van der Waals surface area contributed by atoms with Crippen LogP contribution in [0.3, 0.4) is 0 Å². The van der Waals surface area contributed by atoms with Gasteiger partial charge in [-0.05, 0) is 61.7 Å². The van der Waals surface area contributed by atoms with Crippen molar-refractivity contribution in [3.8, 4) is 0 Å². The first-order valence-electron chi connectivity index (χ1n) is 7.56. The number of alkyl carbamates (subject to hydrolysis) is 1. The van der Waals surface area contributed by atoms with E-state index in [4.69, 9.17) is 9.15 Å². The molecule has 6 heteroatoms. The lowest BCUT2D eigenvalue weighted by Crippen LogP contribution is -2.47. The van der Waals surface area contributed by atoms with Crippen molar-refractivity contribution in [1.29, 1.82) is 0 Å². The van der Waals surface area contributed by atoms with Crippen molar-refractivity contribution in [2.75, 3.05) is 6.54 Å². The molecule has 0 saturated carbocycles. The highest BCUT2D eigenvalue weighted by atomic mass is 79.9. The quantitative estimate of drug-likeness (QED) is 0.781. The van der Waals surface area contributed by atoms with Crippen LogP contribution in [0.1, 0.15) is 53.3 Å². The van der Waals surface area contributed by atoms with Gasteiger partial charge in [0, 0.05) is 12.6 Å². The number of halogens is 1. The Labute approximate surface area is 141 Å². The Morgan fingerprint density at radius 1 is 1.32 bits per heavy atom. The van der Waals surface area contributed by atoms with Gasteiger partial charge in [-0.2, -0.15) is 0 Å². The number of furan rings is 1. The van der Waals surface area contributed by atoms with Gasteiger partial charge in [0.05, 0.1) is 6.04 Å². The number of hydrogen-bond donors (Lipinski definition) is 2. The molecule has 2 atom stereocenters. The van der Waals surface area contributed by atoms with Crippen LogP contribution in [0, 0.1) is 5.92 Å². The predicted octanol–water partition coefficient (Wildman–Crippen LogP) is 4.24. The molecule has 1 rings (SSSR count). The van der Waals surface area contributed by atoms with Crippen LogP contribution in [-0.4, -0.2) is 24.3 Å². The van der Waals surface area contributed by atoms with E-state index in [1.807, 2.05) is 39.8 Å². The second kappa shape index (κ2) is 8.02. The molecule has 5 nitrogen and oxygen atoms in total. The molecule has 1 aromatic rings. The molecule has 0 radical (unpaired) electrons. The lowest BCUT2D eigenvalue weighted by molar-refractivity contribution is 0.0489. The van der Waals surface area contributed by atoms with E-state index in [0.29, 0.717) is 11.2 Å². The lowest BCUT2D eigenvalue weighted by atomic mass is 10.0. The summed E-state index contributed by atoms with van der Waals surface area (Å²) in [7, 11) is 0. The predicted molar refractivity (Wildman–Crippen MR) is 90.8 cm³/mol. The number of amides is 1. The average molecular weight is 375 g/mol. The minimum atomic E-state index is -0.493. The molecule has 1 amide bonds. The van der Waals surface area contributed by atoms with Gasteiger partial charge in [0.15, 0.2) is 4.67 Å². The summed E-state index contributed by atoms with van der Waals surface area (Å²) in [5, 5.41) is 6.30.